The van der Waals surface area contributed by atoms with Crippen LogP contribution in [0.5, 0.6) is 0 Å². The van der Waals surface area contributed by atoms with Crippen LogP contribution in [-0.4, -0.2) is 36.0 Å². The lowest BCUT2D eigenvalue weighted by molar-refractivity contribution is -0.136. The molecule has 3 heteroatoms. The first-order valence-corrected chi connectivity index (χ1v) is 5.51. The molecule has 1 aliphatic rings. The Hall–Kier alpha value is -0.570. The lowest BCUT2D eigenvalue weighted by atomic mass is 10.0. The fourth-order valence-corrected chi connectivity index (χ4v) is 2.03. The third kappa shape index (κ3) is 2.47. The van der Waals surface area contributed by atoms with Crippen LogP contribution < -0.4 is 5.32 Å². The third-order valence-corrected chi connectivity index (χ3v) is 2.86. The Kier molecular flexibility index (Phi) is 3.53. The summed E-state index contributed by atoms with van der Waals surface area (Å²) in [5.74, 6) is 0.903. The SMILES string of the molecule is CCNC(C)(C)C(=O)N1CCC(C)C1. The molecule has 1 amide bonds. The van der Waals surface area contributed by atoms with Gasteiger partial charge in [-0.15, -0.1) is 0 Å². The van der Waals surface area contributed by atoms with E-state index in [0.717, 1.165) is 26.1 Å². The summed E-state index contributed by atoms with van der Waals surface area (Å²) in [7, 11) is 0. The molecule has 1 atom stereocenters. The summed E-state index contributed by atoms with van der Waals surface area (Å²) in [6.07, 6.45) is 1.15. The highest BCUT2D eigenvalue weighted by Crippen LogP contribution is 2.18. The number of carbonyl (C=O) groups excluding carboxylic acids is 1. The Balaban J connectivity index is 2.56. The van der Waals surface area contributed by atoms with Crippen LogP contribution >= 0.6 is 0 Å². The molecule has 1 saturated heterocycles. The van der Waals surface area contributed by atoms with Crippen molar-refractivity contribution in [2.24, 2.45) is 5.92 Å². The van der Waals surface area contributed by atoms with E-state index in [4.69, 9.17) is 0 Å². The zero-order chi connectivity index (χ0) is 10.8. The Labute approximate surface area is 86.9 Å². The Bertz CT molecular complexity index is 213. The fourth-order valence-electron chi connectivity index (χ4n) is 2.03. The zero-order valence-corrected chi connectivity index (χ0v) is 9.76. The monoisotopic (exact) mass is 198 g/mol. The van der Waals surface area contributed by atoms with E-state index in [1.54, 1.807) is 0 Å². The van der Waals surface area contributed by atoms with Crippen molar-refractivity contribution in [2.75, 3.05) is 19.6 Å². The minimum absolute atomic E-state index is 0.240. The molecule has 1 aliphatic heterocycles. The first kappa shape index (κ1) is 11.5. The molecule has 14 heavy (non-hydrogen) atoms. The largest absolute Gasteiger partial charge is 0.341 e. The molecule has 0 bridgehead atoms. The maximum absolute atomic E-state index is 12.1. The predicted molar refractivity (Wildman–Crippen MR) is 58.1 cm³/mol. The Morgan fingerprint density at radius 2 is 2.21 bits per heavy atom. The predicted octanol–water partition coefficient (Wildman–Crippen LogP) is 1.24. The molecule has 0 aromatic rings. The second-order valence-electron chi connectivity index (χ2n) is 4.80. The van der Waals surface area contributed by atoms with Crippen LogP contribution in [0, 0.1) is 5.92 Å². The van der Waals surface area contributed by atoms with Crippen LogP contribution in [0.25, 0.3) is 0 Å². The average molecular weight is 198 g/mol. The Morgan fingerprint density at radius 1 is 1.57 bits per heavy atom. The van der Waals surface area contributed by atoms with Gasteiger partial charge in [-0.3, -0.25) is 4.79 Å². The summed E-state index contributed by atoms with van der Waals surface area (Å²) in [4.78, 5) is 14.0. The van der Waals surface area contributed by atoms with Gasteiger partial charge in [0.15, 0.2) is 0 Å². The molecular weight excluding hydrogens is 176 g/mol. The number of rotatable bonds is 3. The van der Waals surface area contributed by atoms with Crippen molar-refractivity contribution in [3.63, 3.8) is 0 Å². The molecule has 0 aromatic carbocycles. The molecule has 1 rings (SSSR count). The molecule has 0 spiro atoms. The molecular formula is C11H22N2O. The highest BCUT2D eigenvalue weighted by Gasteiger charge is 2.33. The highest BCUT2D eigenvalue weighted by molar-refractivity contribution is 5.85. The summed E-state index contributed by atoms with van der Waals surface area (Å²) in [5.41, 5.74) is -0.404. The van der Waals surface area contributed by atoms with Gasteiger partial charge >= 0.3 is 0 Å². The van der Waals surface area contributed by atoms with Gasteiger partial charge in [0.05, 0.1) is 5.54 Å². The molecule has 0 aromatic heterocycles. The van der Waals surface area contributed by atoms with Crippen molar-refractivity contribution >= 4 is 5.91 Å². The number of hydrogen-bond acceptors (Lipinski definition) is 2. The number of hydrogen-bond donors (Lipinski definition) is 1. The van der Waals surface area contributed by atoms with Crippen molar-refractivity contribution < 1.29 is 4.79 Å². The van der Waals surface area contributed by atoms with E-state index in [9.17, 15) is 4.79 Å². The normalized spacial score (nSPS) is 22.9. The van der Waals surface area contributed by atoms with E-state index >= 15 is 0 Å². The third-order valence-electron chi connectivity index (χ3n) is 2.86. The zero-order valence-electron chi connectivity index (χ0n) is 9.76. The van der Waals surface area contributed by atoms with Crippen molar-refractivity contribution in [3.05, 3.63) is 0 Å². The van der Waals surface area contributed by atoms with Gasteiger partial charge < -0.3 is 10.2 Å². The van der Waals surface area contributed by atoms with Gasteiger partial charge in [-0.2, -0.15) is 0 Å². The van der Waals surface area contributed by atoms with E-state index in [1.807, 2.05) is 25.7 Å². The van der Waals surface area contributed by atoms with Crippen molar-refractivity contribution in [1.29, 1.82) is 0 Å². The second-order valence-corrected chi connectivity index (χ2v) is 4.80. The minimum Gasteiger partial charge on any atom is -0.341 e. The van der Waals surface area contributed by atoms with Crippen molar-refractivity contribution in [1.82, 2.24) is 10.2 Å². The van der Waals surface area contributed by atoms with E-state index in [1.165, 1.54) is 0 Å². The first-order valence-electron chi connectivity index (χ1n) is 5.51. The molecule has 0 saturated carbocycles. The molecule has 1 heterocycles. The highest BCUT2D eigenvalue weighted by atomic mass is 16.2. The van der Waals surface area contributed by atoms with Crippen LogP contribution in [0.3, 0.4) is 0 Å². The van der Waals surface area contributed by atoms with Gasteiger partial charge in [0, 0.05) is 13.1 Å². The summed E-state index contributed by atoms with van der Waals surface area (Å²) in [6.45, 7) is 10.8. The van der Waals surface area contributed by atoms with Crippen LogP contribution in [0.2, 0.25) is 0 Å². The quantitative estimate of drug-likeness (QED) is 0.740. The maximum atomic E-state index is 12.1. The molecule has 0 aliphatic carbocycles. The number of amides is 1. The summed E-state index contributed by atoms with van der Waals surface area (Å²) >= 11 is 0. The fraction of sp³-hybridized carbons (Fsp3) is 0.909. The number of nitrogens with zero attached hydrogens (tertiary/aromatic N) is 1. The van der Waals surface area contributed by atoms with E-state index in [-0.39, 0.29) is 5.91 Å². The van der Waals surface area contributed by atoms with E-state index < -0.39 is 5.54 Å². The first-order chi connectivity index (χ1) is 6.47. The van der Waals surface area contributed by atoms with E-state index in [0.29, 0.717) is 5.92 Å². The van der Waals surface area contributed by atoms with Gasteiger partial charge in [-0.05, 0) is 32.7 Å². The van der Waals surface area contributed by atoms with Crippen LogP contribution in [0.1, 0.15) is 34.1 Å². The maximum Gasteiger partial charge on any atom is 0.242 e. The van der Waals surface area contributed by atoms with Gasteiger partial charge in [0.2, 0.25) is 5.91 Å². The lowest BCUT2D eigenvalue weighted by Gasteiger charge is -2.29. The summed E-state index contributed by atoms with van der Waals surface area (Å²) in [5, 5.41) is 3.22. The topological polar surface area (TPSA) is 32.3 Å². The molecule has 82 valence electrons. The van der Waals surface area contributed by atoms with Gasteiger partial charge in [-0.25, -0.2) is 0 Å². The van der Waals surface area contributed by atoms with Crippen molar-refractivity contribution in [2.45, 2.75) is 39.7 Å². The van der Waals surface area contributed by atoms with Gasteiger partial charge in [0.1, 0.15) is 0 Å². The standard InChI is InChI=1S/C11H22N2O/c1-5-12-11(3,4)10(14)13-7-6-9(2)8-13/h9,12H,5-8H2,1-4H3. The lowest BCUT2D eigenvalue weighted by Crippen LogP contribution is -2.53. The molecule has 1 unspecified atom stereocenters. The molecule has 1 fully saturated rings. The smallest absolute Gasteiger partial charge is 0.242 e. The Morgan fingerprint density at radius 3 is 2.64 bits per heavy atom. The van der Waals surface area contributed by atoms with E-state index in [2.05, 4.69) is 12.2 Å². The second kappa shape index (κ2) is 4.30. The summed E-state index contributed by atoms with van der Waals surface area (Å²) in [6, 6.07) is 0. The number of likely N-dealkylation sites (N-methyl/N-ethyl adjacent to an activating group) is 1. The van der Waals surface area contributed by atoms with Crippen molar-refractivity contribution in [3.8, 4) is 0 Å². The number of likely N-dealkylation sites (tertiary alicyclic amines) is 1. The minimum atomic E-state index is -0.404. The van der Waals surface area contributed by atoms with Crippen LogP contribution in [0.4, 0.5) is 0 Å². The van der Waals surface area contributed by atoms with Crippen LogP contribution in [-0.2, 0) is 4.79 Å². The molecule has 0 radical (unpaired) electrons. The van der Waals surface area contributed by atoms with Gasteiger partial charge in [-0.1, -0.05) is 13.8 Å². The van der Waals surface area contributed by atoms with Gasteiger partial charge in [0.25, 0.3) is 0 Å². The van der Waals surface area contributed by atoms with Crippen LogP contribution in [0.15, 0.2) is 0 Å². The number of nitrogens with one attached hydrogen (secondary N) is 1. The average Bonchev–Trinajstić information content (AvgIpc) is 2.50. The number of carbonyl (C=O) groups is 1. The molecule has 1 N–H and O–H groups in total. The molecule has 3 nitrogen and oxygen atoms in total. The summed E-state index contributed by atoms with van der Waals surface area (Å²) < 4.78 is 0.